The summed E-state index contributed by atoms with van der Waals surface area (Å²) < 4.78 is 2.07. The van der Waals surface area contributed by atoms with Crippen LogP contribution in [0.1, 0.15) is 35.7 Å². The monoisotopic (exact) mass is 290 g/mol. The van der Waals surface area contributed by atoms with Crippen LogP contribution in [0, 0.1) is 6.92 Å². The maximum Gasteiger partial charge on any atom is 0.155 e. The molecule has 1 saturated heterocycles. The molecule has 1 N–H and O–H groups in total. The Hall–Kier alpha value is -2.20. The lowest BCUT2D eigenvalue weighted by Crippen LogP contribution is -2.33. The molecule has 0 aliphatic carbocycles. The van der Waals surface area contributed by atoms with Crippen molar-refractivity contribution in [3.05, 3.63) is 53.3 Å². The van der Waals surface area contributed by atoms with E-state index >= 15 is 0 Å². The minimum Gasteiger partial charge on any atom is -0.307 e. The van der Waals surface area contributed by atoms with Gasteiger partial charge in [-0.3, -0.25) is 0 Å². The van der Waals surface area contributed by atoms with Gasteiger partial charge in [0.1, 0.15) is 0 Å². The largest absolute Gasteiger partial charge is 0.307 e. The summed E-state index contributed by atoms with van der Waals surface area (Å²) in [6.45, 7) is 2.11. The molecule has 110 valence electrons. The zero-order chi connectivity index (χ0) is 14.7. The van der Waals surface area contributed by atoms with Crippen LogP contribution in [0.2, 0.25) is 0 Å². The molecule has 0 amide bonds. The Labute approximate surface area is 129 Å². The summed E-state index contributed by atoms with van der Waals surface area (Å²) in [5.74, 6) is 0. The van der Waals surface area contributed by atoms with Crippen molar-refractivity contribution in [3.63, 3.8) is 0 Å². The van der Waals surface area contributed by atoms with Crippen LogP contribution in [-0.2, 0) is 6.42 Å². The van der Waals surface area contributed by atoms with Gasteiger partial charge >= 0.3 is 0 Å². The quantitative estimate of drug-likeness (QED) is 0.749. The fourth-order valence-electron chi connectivity index (χ4n) is 3.89. The molecule has 2 bridgehead atoms. The summed E-state index contributed by atoms with van der Waals surface area (Å²) in [4.78, 5) is 4.64. The van der Waals surface area contributed by atoms with Crippen LogP contribution in [0.4, 0.5) is 0 Å². The molecule has 0 saturated carbocycles. The van der Waals surface area contributed by atoms with Gasteiger partial charge in [0.05, 0.1) is 11.4 Å². The highest BCUT2D eigenvalue weighted by molar-refractivity contribution is 5.65. The predicted octanol–water partition coefficient (Wildman–Crippen LogP) is 3.05. The van der Waals surface area contributed by atoms with Crippen molar-refractivity contribution in [2.45, 2.75) is 38.3 Å². The van der Waals surface area contributed by atoms with Gasteiger partial charge in [0.15, 0.2) is 5.65 Å². The first-order valence-electron chi connectivity index (χ1n) is 7.98. The van der Waals surface area contributed by atoms with E-state index in [0.717, 1.165) is 23.3 Å². The molecular formula is C18H18N4. The highest BCUT2D eigenvalue weighted by atomic mass is 15.3. The van der Waals surface area contributed by atoms with Crippen LogP contribution in [0.25, 0.3) is 16.9 Å². The van der Waals surface area contributed by atoms with E-state index in [9.17, 15) is 0 Å². The molecule has 4 heteroatoms. The van der Waals surface area contributed by atoms with Crippen molar-refractivity contribution in [3.8, 4) is 11.3 Å². The van der Waals surface area contributed by atoms with Crippen molar-refractivity contribution in [2.24, 2.45) is 0 Å². The van der Waals surface area contributed by atoms with E-state index in [1.165, 1.54) is 29.7 Å². The summed E-state index contributed by atoms with van der Waals surface area (Å²) in [7, 11) is 0. The SMILES string of the molecule is Cc1cccc(-c2cc3ncc4c(n3n2)C[C@@H]2CC[C@@H]4N2)c1. The number of nitrogens with one attached hydrogen (secondary N) is 1. The second-order valence-electron chi connectivity index (χ2n) is 6.53. The fourth-order valence-corrected chi connectivity index (χ4v) is 3.89. The summed E-state index contributed by atoms with van der Waals surface area (Å²) in [6.07, 6.45) is 5.58. The summed E-state index contributed by atoms with van der Waals surface area (Å²) in [6, 6.07) is 11.7. The van der Waals surface area contributed by atoms with Crippen LogP contribution in [0.15, 0.2) is 36.5 Å². The van der Waals surface area contributed by atoms with Gasteiger partial charge in [0, 0.05) is 41.9 Å². The van der Waals surface area contributed by atoms with E-state index < -0.39 is 0 Å². The summed E-state index contributed by atoms with van der Waals surface area (Å²) >= 11 is 0. The van der Waals surface area contributed by atoms with Gasteiger partial charge in [-0.05, 0) is 25.8 Å². The van der Waals surface area contributed by atoms with E-state index in [0.29, 0.717) is 12.1 Å². The Bertz CT molecular complexity index is 880. The number of hydrogen-bond acceptors (Lipinski definition) is 3. The molecule has 4 heterocycles. The number of rotatable bonds is 1. The van der Waals surface area contributed by atoms with E-state index in [-0.39, 0.29) is 0 Å². The van der Waals surface area contributed by atoms with Crippen molar-refractivity contribution in [1.29, 1.82) is 0 Å². The maximum absolute atomic E-state index is 4.86. The van der Waals surface area contributed by atoms with E-state index in [1.807, 2.05) is 6.20 Å². The minimum absolute atomic E-state index is 0.470. The molecule has 3 aromatic rings. The van der Waals surface area contributed by atoms with Crippen LogP contribution in [0.3, 0.4) is 0 Å². The zero-order valence-electron chi connectivity index (χ0n) is 12.6. The fraction of sp³-hybridized carbons (Fsp3) is 0.333. The van der Waals surface area contributed by atoms with Crippen molar-refractivity contribution < 1.29 is 0 Å². The summed E-state index contributed by atoms with van der Waals surface area (Å²) in [5, 5.41) is 8.54. The second kappa shape index (κ2) is 4.40. The van der Waals surface area contributed by atoms with Gasteiger partial charge in [0.2, 0.25) is 0 Å². The molecular weight excluding hydrogens is 272 g/mol. The standard InChI is InChI=1S/C18H18N4/c1-11-3-2-4-12(7-11)16-9-18-19-10-14-15-6-5-13(20-15)8-17(14)22(18)21-16/h2-4,7,9-10,13,15,20H,5-6,8H2,1H3/t13-,15-/m0/s1. The zero-order valence-corrected chi connectivity index (χ0v) is 12.6. The topological polar surface area (TPSA) is 42.2 Å². The van der Waals surface area contributed by atoms with Gasteiger partial charge in [0.25, 0.3) is 0 Å². The number of hydrogen-bond donors (Lipinski definition) is 1. The molecule has 1 aromatic carbocycles. The maximum atomic E-state index is 4.86. The van der Waals surface area contributed by atoms with Gasteiger partial charge in [-0.1, -0.05) is 23.8 Å². The third kappa shape index (κ3) is 1.74. The molecule has 2 aromatic heterocycles. The lowest BCUT2D eigenvalue weighted by Gasteiger charge is -2.24. The van der Waals surface area contributed by atoms with Crippen molar-refractivity contribution in [1.82, 2.24) is 19.9 Å². The smallest absolute Gasteiger partial charge is 0.155 e. The molecule has 1 fully saturated rings. The first-order valence-corrected chi connectivity index (χ1v) is 7.98. The van der Waals surface area contributed by atoms with Gasteiger partial charge in [-0.15, -0.1) is 0 Å². The highest BCUT2D eigenvalue weighted by Crippen LogP contribution is 2.35. The molecule has 2 aliphatic heterocycles. The Morgan fingerprint density at radius 3 is 3.09 bits per heavy atom. The normalized spacial score (nSPS) is 23.0. The number of fused-ring (bicyclic) bond motifs is 6. The number of aromatic nitrogens is 3. The average molecular weight is 290 g/mol. The lowest BCUT2D eigenvalue weighted by molar-refractivity contribution is 0.496. The first kappa shape index (κ1) is 12.4. The van der Waals surface area contributed by atoms with E-state index in [4.69, 9.17) is 5.10 Å². The van der Waals surface area contributed by atoms with E-state index in [2.05, 4.69) is 52.1 Å². The molecule has 5 rings (SSSR count). The van der Waals surface area contributed by atoms with Crippen molar-refractivity contribution in [2.75, 3.05) is 0 Å². The van der Waals surface area contributed by atoms with Crippen LogP contribution < -0.4 is 5.32 Å². The lowest BCUT2D eigenvalue weighted by atomic mass is 10.0. The van der Waals surface area contributed by atoms with Crippen LogP contribution in [-0.4, -0.2) is 20.6 Å². The predicted molar refractivity (Wildman–Crippen MR) is 85.8 cm³/mol. The second-order valence-corrected chi connectivity index (χ2v) is 6.53. The Morgan fingerprint density at radius 2 is 2.18 bits per heavy atom. The van der Waals surface area contributed by atoms with Crippen molar-refractivity contribution >= 4 is 5.65 Å². The highest BCUT2D eigenvalue weighted by Gasteiger charge is 2.34. The third-order valence-corrected chi connectivity index (χ3v) is 4.99. The molecule has 0 radical (unpaired) electrons. The first-order chi connectivity index (χ1) is 10.8. The molecule has 2 atom stereocenters. The molecule has 22 heavy (non-hydrogen) atoms. The number of benzene rings is 1. The number of aryl methyl sites for hydroxylation is 1. The molecule has 2 aliphatic rings. The molecule has 0 spiro atoms. The Morgan fingerprint density at radius 1 is 1.23 bits per heavy atom. The average Bonchev–Trinajstić information content (AvgIpc) is 3.12. The van der Waals surface area contributed by atoms with Gasteiger partial charge in [-0.2, -0.15) is 5.10 Å². The van der Waals surface area contributed by atoms with Crippen LogP contribution >= 0.6 is 0 Å². The Kier molecular flexibility index (Phi) is 2.47. The molecule has 0 unspecified atom stereocenters. The van der Waals surface area contributed by atoms with E-state index in [1.54, 1.807) is 0 Å². The third-order valence-electron chi connectivity index (χ3n) is 4.99. The van der Waals surface area contributed by atoms with Crippen LogP contribution in [0.5, 0.6) is 0 Å². The summed E-state index contributed by atoms with van der Waals surface area (Å²) in [5.41, 5.74) is 7.06. The Balaban J connectivity index is 1.70. The number of nitrogens with zero attached hydrogens (tertiary/aromatic N) is 3. The molecule has 4 nitrogen and oxygen atoms in total. The van der Waals surface area contributed by atoms with Gasteiger partial charge < -0.3 is 5.32 Å². The van der Waals surface area contributed by atoms with Gasteiger partial charge in [-0.25, -0.2) is 9.50 Å². The minimum atomic E-state index is 0.470.